The second-order valence-electron chi connectivity index (χ2n) is 3.84. The highest BCUT2D eigenvalue weighted by Gasteiger charge is 2.15. The van der Waals surface area contributed by atoms with Crippen molar-refractivity contribution >= 4 is 5.69 Å². The Morgan fingerprint density at radius 3 is 3.20 bits per heavy atom. The Morgan fingerprint density at radius 1 is 1.27 bits per heavy atom. The van der Waals surface area contributed by atoms with E-state index in [0.29, 0.717) is 6.04 Å². The van der Waals surface area contributed by atoms with Crippen LogP contribution < -0.4 is 5.32 Å². The van der Waals surface area contributed by atoms with Crippen molar-refractivity contribution < 1.29 is 0 Å². The van der Waals surface area contributed by atoms with Crippen LogP contribution in [-0.4, -0.2) is 6.04 Å². The minimum absolute atomic E-state index is 0.290. The molecule has 1 aliphatic carbocycles. The molecule has 0 aromatic heterocycles. The molecule has 15 heavy (non-hydrogen) atoms. The van der Waals surface area contributed by atoms with E-state index in [4.69, 9.17) is 0 Å². The molecule has 1 atom stereocenters. The minimum atomic E-state index is 0.290. The van der Waals surface area contributed by atoms with Gasteiger partial charge in [0.25, 0.3) is 0 Å². The van der Waals surface area contributed by atoms with Gasteiger partial charge >= 0.3 is 0 Å². The third-order valence-corrected chi connectivity index (χ3v) is 2.86. The number of nitrogens with one attached hydrogen (secondary N) is 1. The molecule has 2 aliphatic rings. The SMILES string of the molecule is [C]1=CC=CC2Nc3ccccc3CC=C12. The lowest BCUT2D eigenvalue weighted by molar-refractivity contribution is 1.04. The van der Waals surface area contributed by atoms with Crippen LogP contribution in [0.25, 0.3) is 0 Å². The number of rotatable bonds is 0. The van der Waals surface area contributed by atoms with E-state index in [1.165, 1.54) is 16.8 Å². The third kappa shape index (κ3) is 1.50. The molecule has 1 nitrogen and oxygen atoms in total. The molecule has 1 aliphatic heterocycles. The zero-order valence-electron chi connectivity index (χ0n) is 8.40. The summed E-state index contributed by atoms with van der Waals surface area (Å²) in [6.45, 7) is 0. The summed E-state index contributed by atoms with van der Waals surface area (Å²) in [4.78, 5) is 0. The van der Waals surface area contributed by atoms with Gasteiger partial charge in [-0.05, 0) is 29.7 Å². The quantitative estimate of drug-likeness (QED) is 0.669. The van der Waals surface area contributed by atoms with Crippen molar-refractivity contribution in [3.05, 3.63) is 65.8 Å². The van der Waals surface area contributed by atoms with E-state index in [2.05, 4.69) is 47.8 Å². The van der Waals surface area contributed by atoms with Crippen LogP contribution in [0.2, 0.25) is 0 Å². The third-order valence-electron chi connectivity index (χ3n) is 2.86. The number of allylic oxidation sites excluding steroid dienone is 3. The summed E-state index contributed by atoms with van der Waals surface area (Å²) in [6, 6.07) is 8.76. The van der Waals surface area contributed by atoms with Gasteiger partial charge in [0.2, 0.25) is 0 Å². The summed E-state index contributed by atoms with van der Waals surface area (Å²) in [6.07, 6.45) is 12.7. The number of fused-ring (bicyclic) bond motifs is 2. The van der Waals surface area contributed by atoms with E-state index in [1.54, 1.807) is 0 Å². The van der Waals surface area contributed by atoms with Gasteiger partial charge in [0.1, 0.15) is 0 Å². The van der Waals surface area contributed by atoms with Crippen LogP contribution in [0.4, 0.5) is 5.69 Å². The Morgan fingerprint density at radius 2 is 2.20 bits per heavy atom. The van der Waals surface area contributed by atoms with Crippen LogP contribution in [0.1, 0.15) is 5.56 Å². The summed E-state index contributed by atoms with van der Waals surface area (Å²) < 4.78 is 0. The largest absolute Gasteiger partial charge is 0.374 e. The second kappa shape index (κ2) is 3.43. The minimum Gasteiger partial charge on any atom is -0.374 e. The van der Waals surface area contributed by atoms with Crippen LogP contribution in [0.15, 0.2) is 54.1 Å². The van der Waals surface area contributed by atoms with Crippen LogP contribution in [-0.2, 0) is 6.42 Å². The van der Waals surface area contributed by atoms with E-state index in [1.807, 2.05) is 12.2 Å². The lowest BCUT2D eigenvalue weighted by Gasteiger charge is -2.18. The standard InChI is InChI=1S/C14H12N/c1-3-7-13-11(5-1)9-10-12-6-2-4-8-14(12)15-13/h1-5,7-8,10,14-15H,9H2. The zero-order valence-corrected chi connectivity index (χ0v) is 8.40. The van der Waals surface area contributed by atoms with E-state index >= 15 is 0 Å². The number of hydrogen-bond donors (Lipinski definition) is 1. The highest BCUT2D eigenvalue weighted by atomic mass is 14.9. The molecule has 1 heteroatoms. The Kier molecular flexibility index (Phi) is 1.95. The monoisotopic (exact) mass is 194 g/mol. The average molecular weight is 194 g/mol. The summed E-state index contributed by atoms with van der Waals surface area (Å²) >= 11 is 0. The Hall–Kier alpha value is -1.76. The molecular formula is C14H12N. The fourth-order valence-electron chi connectivity index (χ4n) is 2.04. The van der Waals surface area contributed by atoms with Crippen molar-refractivity contribution in [3.63, 3.8) is 0 Å². The molecule has 0 fully saturated rings. The predicted octanol–water partition coefficient (Wildman–Crippen LogP) is 2.88. The average Bonchev–Trinajstić information content (AvgIpc) is 2.48. The lowest BCUT2D eigenvalue weighted by atomic mass is 10.0. The first-order chi connectivity index (χ1) is 7.43. The molecular weight excluding hydrogens is 182 g/mol. The van der Waals surface area contributed by atoms with Gasteiger partial charge in [-0.3, -0.25) is 0 Å². The number of para-hydroxylation sites is 1. The molecule has 1 aromatic rings. The molecule has 3 rings (SSSR count). The lowest BCUT2D eigenvalue weighted by Crippen LogP contribution is -2.19. The van der Waals surface area contributed by atoms with Gasteiger partial charge in [0, 0.05) is 5.69 Å². The number of anilines is 1. The van der Waals surface area contributed by atoms with Crippen molar-refractivity contribution in [2.45, 2.75) is 12.5 Å². The zero-order chi connectivity index (χ0) is 10.1. The molecule has 0 bridgehead atoms. The van der Waals surface area contributed by atoms with Gasteiger partial charge < -0.3 is 5.32 Å². The van der Waals surface area contributed by atoms with Gasteiger partial charge in [-0.25, -0.2) is 0 Å². The first-order valence-electron chi connectivity index (χ1n) is 5.24. The second-order valence-corrected chi connectivity index (χ2v) is 3.84. The van der Waals surface area contributed by atoms with Crippen molar-refractivity contribution in [2.75, 3.05) is 5.32 Å². The fraction of sp³-hybridized carbons (Fsp3) is 0.143. The van der Waals surface area contributed by atoms with Crippen LogP contribution >= 0.6 is 0 Å². The van der Waals surface area contributed by atoms with Gasteiger partial charge in [-0.2, -0.15) is 0 Å². The Labute approximate surface area is 89.8 Å². The maximum absolute atomic E-state index is 3.52. The molecule has 1 N–H and O–H groups in total. The maximum atomic E-state index is 3.52. The van der Waals surface area contributed by atoms with Gasteiger partial charge in [0.15, 0.2) is 0 Å². The van der Waals surface area contributed by atoms with Crippen molar-refractivity contribution in [1.82, 2.24) is 0 Å². The summed E-state index contributed by atoms with van der Waals surface area (Å²) in [5, 5.41) is 3.52. The molecule has 0 amide bonds. The predicted molar refractivity (Wildman–Crippen MR) is 62.6 cm³/mol. The van der Waals surface area contributed by atoms with E-state index in [-0.39, 0.29) is 0 Å². The molecule has 1 aromatic carbocycles. The van der Waals surface area contributed by atoms with E-state index in [0.717, 1.165) is 6.42 Å². The normalized spacial score (nSPS) is 22.1. The van der Waals surface area contributed by atoms with Gasteiger partial charge in [-0.15, -0.1) is 0 Å². The summed E-state index contributed by atoms with van der Waals surface area (Å²) in [5.74, 6) is 0. The highest BCUT2D eigenvalue weighted by molar-refractivity contribution is 5.58. The Bertz CT molecular complexity index is 466. The van der Waals surface area contributed by atoms with Crippen molar-refractivity contribution in [1.29, 1.82) is 0 Å². The van der Waals surface area contributed by atoms with Crippen LogP contribution in [0.5, 0.6) is 0 Å². The molecule has 1 heterocycles. The molecule has 1 unspecified atom stereocenters. The molecule has 73 valence electrons. The van der Waals surface area contributed by atoms with Crippen LogP contribution in [0.3, 0.4) is 0 Å². The fourth-order valence-corrected chi connectivity index (χ4v) is 2.04. The first-order valence-corrected chi connectivity index (χ1v) is 5.24. The number of benzene rings is 1. The molecule has 0 spiro atoms. The van der Waals surface area contributed by atoms with Gasteiger partial charge in [-0.1, -0.05) is 42.5 Å². The molecule has 0 saturated heterocycles. The van der Waals surface area contributed by atoms with E-state index in [9.17, 15) is 0 Å². The Balaban J connectivity index is 2.03. The topological polar surface area (TPSA) is 12.0 Å². The van der Waals surface area contributed by atoms with E-state index < -0.39 is 0 Å². The van der Waals surface area contributed by atoms with Crippen molar-refractivity contribution in [2.24, 2.45) is 0 Å². The highest BCUT2D eigenvalue weighted by Crippen LogP contribution is 2.25. The molecule has 0 saturated carbocycles. The maximum Gasteiger partial charge on any atom is 0.0704 e. The van der Waals surface area contributed by atoms with Crippen molar-refractivity contribution in [3.8, 4) is 0 Å². The summed E-state index contributed by atoms with van der Waals surface area (Å²) in [5.41, 5.74) is 3.84. The molecule has 1 radical (unpaired) electrons. The van der Waals surface area contributed by atoms with Crippen LogP contribution in [0, 0.1) is 6.08 Å². The summed E-state index contributed by atoms with van der Waals surface area (Å²) in [7, 11) is 0. The smallest absolute Gasteiger partial charge is 0.0704 e. The van der Waals surface area contributed by atoms with Gasteiger partial charge in [0.05, 0.1) is 6.04 Å². The first kappa shape index (κ1) is 8.54. The number of hydrogen-bond acceptors (Lipinski definition) is 1.